The van der Waals surface area contributed by atoms with E-state index < -0.39 is 0 Å². The number of anilines is 1. The standard InChI is InChI=1S/C12H21N5/c1-13-12-16-15-11(17(12)2)10-7-8-5-3-4-6-9(8)14-10/h8-10,14H,3-7H2,1-2H3,(H,13,16). The molecule has 1 aliphatic carbocycles. The first kappa shape index (κ1) is 11.0. The fourth-order valence-electron chi connectivity index (χ4n) is 3.38. The lowest BCUT2D eigenvalue weighted by atomic mass is 9.85. The average molecular weight is 235 g/mol. The highest BCUT2D eigenvalue weighted by Crippen LogP contribution is 2.38. The van der Waals surface area contributed by atoms with Gasteiger partial charge in [0, 0.05) is 20.1 Å². The summed E-state index contributed by atoms with van der Waals surface area (Å²) in [7, 11) is 3.92. The van der Waals surface area contributed by atoms with Crippen molar-refractivity contribution >= 4 is 5.95 Å². The minimum Gasteiger partial charge on any atom is -0.357 e. The number of fused-ring (bicyclic) bond motifs is 1. The summed E-state index contributed by atoms with van der Waals surface area (Å²) in [6.07, 6.45) is 6.71. The van der Waals surface area contributed by atoms with Crippen molar-refractivity contribution in [3.8, 4) is 0 Å². The highest BCUT2D eigenvalue weighted by Gasteiger charge is 2.37. The maximum Gasteiger partial charge on any atom is 0.224 e. The zero-order chi connectivity index (χ0) is 11.8. The van der Waals surface area contributed by atoms with Crippen LogP contribution in [0.2, 0.25) is 0 Å². The Hall–Kier alpha value is -1.10. The van der Waals surface area contributed by atoms with Crippen LogP contribution in [0.3, 0.4) is 0 Å². The van der Waals surface area contributed by atoms with Gasteiger partial charge in [0.05, 0.1) is 6.04 Å². The van der Waals surface area contributed by atoms with Crippen LogP contribution >= 0.6 is 0 Å². The molecular formula is C12H21N5. The van der Waals surface area contributed by atoms with E-state index >= 15 is 0 Å². The lowest BCUT2D eigenvalue weighted by molar-refractivity contribution is 0.325. The summed E-state index contributed by atoms with van der Waals surface area (Å²) < 4.78 is 2.06. The van der Waals surface area contributed by atoms with Gasteiger partial charge < -0.3 is 10.6 Å². The molecule has 5 nitrogen and oxygen atoms in total. The van der Waals surface area contributed by atoms with Crippen molar-refractivity contribution in [2.75, 3.05) is 12.4 Å². The Morgan fingerprint density at radius 1 is 1.29 bits per heavy atom. The molecule has 2 fully saturated rings. The zero-order valence-corrected chi connectivity index (χ0v) is 10.6. The van der Waals surface area contributed by atoms with E-state index in [0.717, 1.165) is 17.7 Å². The van der Waals surface area contributed by atoms with Crippen LogP contribution in [0.25, 0.3) is 0 Å². The molecule has 0 spiro atoms. The third-order valence-corrected chi connectivity index (χ3v) is 4.31. The molecule has 0 amide bonds. The first-order chi connectivity index (χ1) is 8.29. The van der Waals surface area contributed by atoms with Crippen LogP contribution < -0.4 is 10.6 Å². The van der Waals surface area contributed by atoms with Gasteiger partial charge in [0.1, 0.15) is 0 Å². The maximum absolute atomic E-state index is 4.31. The summed E-state index contributed by atoms with van der Waals surface area (Å²) in [4.78, 5) is 0. The van der Waals surface area contributed by atoms with Crippen molar-refractivity contribution in [2.45, 2.75) is 44.2 Å². The fraction of sp³-hybridized carbons (Fsp3) is 0.833. The molecule has 2 aliphatic rings. The Bertz CT molecular complexity index is 386. The summed E-state index contributed by atoms with van der Waals surface area (Å²) in [5.41, 5.74) is 0. The largest absolute Gasteiger partial charge is 0.357 e. The van der Waals surface area contributed by atoms with Gasteiger partial charge in [-0.3, -0.25) is 4.57 Å². The van der Waals surface area contributed by atoms with Gasteiger partial charge in [-0.25, -0.2) is 0 Å². The van der Waals surface area contributed by atoms with Gasteiger partial charge in [-0.1, -0.05) is 12.8 Å². The Labute approximate surface area is 102 Å². The average Bonchev–Trinajstić information content (AvgIpc) is 2.91. The second kappa shape index (κ2) is 4.29. The summed E-state index contributed by atoms with van der Waals surface area (Å²) in [6.45, 7) is 0. The Kier molecular flexibility index (Phi) is 2.78. The fourth-order valence-corrected chi connectivity index (χ4v) is 3.38. The molecule has 1 aromatic rings. The second-order valence-electron chi connectivity index (χ2n) is 5.30. The lowest BCUT2D eigenvalue weighted by Crippen LogP contribution is -2.31. The zero-order valence-electron chi connectivity index (χ0n) is 10.6. The molecule has 3 unspecified atom stereocenters. The van der Waals surface area contributed by atoms with Gasteiger partial charge in [0.15, 0.2) is 5.82 Å². The molecule has 1 aliphatic heterocycles. The molecule has 17 heavy (non-hydrogen) atoms. The van der Waals surface area contributed by atoms with Gasteiger partial charge >= 0.3 is 0 Å². The minimum absolute atomic E-state index is 0.391. The normalized spacial score (nSPS) is 32.5. The SMILES string of the molecule is CNc1nnc(C2CC3CCCCC3N2)n1C. The lowest BCUT2D eigenvalue weighted by Gasteiger charge is -2.24. The monoisotopic (exact) mass is 235 g/mol. The Morgan fingerprint density at radius 3 is 2.82 bits per heavy atom. The van der Waals surface area contributed by atoms with Crippen LogP contribution in [0.5, 0.6) is 0 Å². The van der Waals surface area contributed by atoms with E-state index in [4.69, 9.17) is 0 Å². The van der Waals surface area contributed by atoms with Crippen LogP contribution in [-0.4, -0.2) is 27.9 Å². The third kappa shape index (κ3) is 1.82. The van der Waals surface area contributed by atoms with E-state index in [2.05, 4.69) is 25.4 Å². The van der Waals surface area contributed by atoms with Crippen LogP contribution in [-0.2, 0) is 7.05 Å². The predicted molar refractivity (Wildman–Crippen MR) is 66.8 cm³/mol. The van der Waals surface area contributed by atoms with Gasteiger partial charge in [-0.2, -0.15) is 0 Å². The van der Waals surface area contributed by atoms with Gasteiger partial charge in [-0.15, -0.1) is 10.2 Å². The topological polar surface area (TPSA) is 54.8 Å². The van der Waals surface area contributed by atoms with Crippen molar-refractivity contribution in [3.63, 3.8) is 0 Å². The van der Waals surface area contributed by atoms with E-state index in [1.165, 1.54) is 32.1 Å². The van der Waals surface area contributed by atoms with E-state index in [9.17, 15) is 0 Å². The van der Waals surface area contributed by atoms with Gasteiger partial charge in [0.25, 0.3) is 0 Å². The predicted octanol–water partition coefficient (Wildman–Crippen LogP) is 1.45. The van der Waals surface area contributed by atoms with Gasteiger partial charge in [-0.05, 0) is 25.2 Å². The number of nitrogens with one attached hydrogen (secondary N) is 2. The molecular weight excluding hydrogens is 214 g/mol. The van der Waals surface area contributed by atoms with Crippen LogP contribution in [0.4, 0.5) is 5.95 Å². The number of rotatable bonds is 2. The molecule has 2 heterocycles. The molecule has 5 heteroatoms. The summed E-state index contributed by atoms with van der Waals surface area (Å²) in [5, 5.41) is 15.3. The van der Waals surface area contributed by atoms with Crippen molar-refractivity contribution in [3.05, 3.63) is 5.82 Å². The number of hydrogen-bond donors (Lipinski definition) is 2. The highest BCUT2D eigenvalue weighted by atomic mass is 15.4. The van der Waals surface area contributed by atoms with E-state index in [0.29, 0.717) is 12.1 Å². The van der Waals surface area contributed by atoms with Crippen LogP contribution in [0.15, 0.2) is 0 Å². The molecule has 2 N–H and O–H groups in total. The number of hydrogen-bond acceptors (Lipinski definition) is 4. The quantitative estimate of drug-likeness (QED) is 0.814. The highest BCUT2D eigenvalue weighted by molar-refractivity contribution is 5.25. The van der Waals surface area contributed by atoms with Crippen molar-refractivity contribution in [1.29, 1.82) is 0 Å². The first-order valence-corrected chi connectivity index (χ1v) is 6.62. The van der Waals surface area contributed by atoms with Crippen molar-refractivity contribution in [1.82, 2.24) is 20.1 Å². The Morgan fingerprint density at radius 2 is 2.12 bits per heavy atom. The van der Waals surface area contributed by atoms with E-state index in [1.807, 2.05) is 14.1 Å². The molecule has 3 atom stereocenters. The molecule has 3 rings (SSSR count). The van der Waals surface area contributed by atoms with Crippen LogP contribution in [0, 0.1) is 5.92 Å². The van der Waals surface area contributed by atoms with E-state index in [-0.39, 0.29) is 0 Å². The Balaban J connectivity index is 1.79. The molecule has 0 bridgehead atoms. The van der Waals surface area contributed by atoms with Crippen molar-refractivity contribution < 1.29 is 0 Å². The smallest absolute Gasteiger partial charge is 0.224 e. The molecule has 0 radical (unpaired) electrons. The second-order valence-corrected chi connectivity index (χ2v) is 5.30. The molecule has 1 aromatic heterocycles. The summed E-state index contributed by atoms with van der Waals surface area (Å²) in [6, 6.07) is 1.10. The van der Waals surface area contributed by atoms with E-state index in [1.54, 1.807) is 0 Å². The third-order valence-electron chi connectivity index (χ3n) is 4.31. The van der Waals surface area contributed by atoms with Crippen LogP contribution in [0.1, 0.15) is 44.0 Å². The van der Waals surface area contributed by atoms with Crippen molar-refractivity contribution in [2.24, 2.45) is 13.0 Å². The summed E-state index contributed by atoms with van der Waals surface area (Å²) in [5.74, 6) is 2.77. The maximum atomic E-state index is 4.31. The summed E-state index contributed by atoms with van der Waals surface area (Å²) >= 11 is 0. The molecule has 0 aromatic carbocycles. The molecule has 1 saturated heterocycles. The molecule has 1 saturated carbocycles. The minimum atomic E-state index is 0.391. The molecule has 94 valence electrons. The van der Waals surface area contributed by atoms with Gasteiger partial charge in [0.2, 0.25) is 5.95 Å². The number of nitrogens with zero attached hydrogens (tertiary/aromatic N) is 3. The first-order valence-electron chi connectivity index (χ1n) is 6.62. The number of aromatic nitrogens is 3.